The van der Waals surface area contributed by atoms with Gasteiger partial charge in [-0.05, 0) is 37.5 Å². The largest absolute Gasteiger partial charge is 0.339 e. The molecule has 0 aromatic heterocycles. The van der Waals surface area contributed by atoms with E-state index in [1.165, 1.54) is 17.0 Å². The number of amides is 1. The number of halogens is 1. The fourth-order valence-corrected chi connectivity index (χ4v) is 2.57. The van der Waals surface area contributed by atoms with E-state index in [0.29, 0.717) is 0 Å². The highest BCUT2D eigenvalue weighted by Gasteiger charge is 2.27. The molecule has 0 bridgehead atoms. The average molecular weight is 317 g/mol. The fraction of sp³-hybridized carbons (Fsp3) is 0.462. The van der Waals surface area contributed by atoms with Crippen LogP contribution < -0.4 is 0 Å². The van der Waals surface area contributed by atoms with Crippen molar-refractivity contribution in [1.82, 2.24) is 4.90 Å². The van der Waals surface area contributed by atoms with E-state index in [-0.39, 0.29) is 28.2 Å². The lowest BCUT2D eigenvalue weighted by Gasteiger charge is -2.24. The van der Waals surface area contributed by atoms with Crippen molar-refractivity contribution in [2.45, 2.75) is 19.4 Å². The predicted molar refractivity (Wildman–Crippen MR) is 82.7 cm³/mol. The zero-order valence-electron chi connectivity index (χ0n) is 11.6. The number of nitro benzene ring substituents is 1. The van der Waals surface area contributed by atoms with E-state index in [0.717, 1.165) is 12.2 Å². The van der Waals surface area contributed by atoms with Crippen molar-refractivity contribution in [1.29, 1.82) is 0 Å². The van der Waals surface area contributed by atoms with Crippen molar-refractivity contribution in [2.24, 2.45) is 0 Å². The summed E-state index contributed by atoms with van der Waals surface area (Å²) in [5.41, 5.74) is -0.302. The molecule has 0 radical (unpaired) electrons. The topological polar surface area (TPSA) is 63.5 Å². The second-order valence-electron chi connectivity index (χ2n) is 4.44. The van der Waals surface area contributed by atoms with Crippen molar-refractivity contribution in [2.75, 3.05) is 19.1 Å². The van der Waals surface area contributed by atoms with Crippen LogP contribution in [-0.4, -0.2) is 40.8 Å². The van der Waals surface area contributed by atoms with Gasteiger partial charge in [0.15, 0.2) is 0 Å². The van der Waals surface area contributed by atoms with Crippen LogP contribution >= 0.6 is 23.4 Å². The molecule has 1 rings (SSSR count). The van der Waals surface area contributed by atoms with Crippen LogP contribution in [0, 0.1) is 10.1 Å². The van der Waals surface area contributed by atoms with Crippen LogP contribution in [0.5, 0.6) is 0 Å². The van der Waals surface area contributed by atoms with Gasteiger partial charge in [-0.1, -0.05) is 17.7 Å². The van der Waals surface area contributed by atoms with Crippen molar-refractivity contribution >= 4 is 35.0 Å². The number of carbonyl (C=O) groups excluding carboxylic acids is 1. The van der Waals surface area contributed by atoms with Crippen LogP contribution in [0.4, 0.5) is 5.69 Å². The maximum absolute atomic E-state index is 12.4. The van der Waals surface area contributed by atoms with Crippen LogP contribution in [0.2, 0.25) is 5.02 Å². The monoisotopic (exact) mass is 316 g/mol. The minimum Gasteiger partial charge on any atom is -0.339 e. The molecular weight excluding hydrogens is 300 g/mol. The molecule has 0 aliphatic rings. The summed E-state index contributed by atoms with van der Waals surface area (Å²) >= 11 is 7.52. The van der Waals surface area contributed by atoms with Gasteiger partial charge in [0.25, 0.3) is 5.91 Å². The van der Waals surface area contributed by atoms with E-state index in [1.54, 1.807) is 24.9 Å². The molecule has 1 amide bonds. The van der Waals surface area contributed by atoms with Crippen LogP contribution in [0.3, 0.4) is 0 Å². The highest BCUT2D eigenvalue weighted by Crippen LogP contribution is 2.29. The lowest BCUT2D eigenvalue weighted by Crippen LogP contribution is -2.35. The Morgan fingerprint density at radius 2 is 2.20 bits per heavy atom. The van der Waals surface area contributed by atoms with Gasteiger partial charge in [0.05, 0.1) is 4.92 Å². The molecule has 110 valence electrons. The first-order chi connectivity index (χ1) is 9.40. The Kier molecular flexibility index (Phi) is 6.29. The molecule has 0 aliphatic carbocycles. The van der Waals surface area contributed by atoms with E-state index < -0.39 is 4.92 Å². The van der Waals surface area contributed by atoms with Gasteiger partial charge in [-0.3, -0.25) is 14.9 Å². The molecule has 1 aromatic carbocycles. The molecule has 7 heteroatoms. The van der Waals surface area contributed by atoms with Gasteiger partial charge in [0.2, 0.25) is 0 Å². The molecular formula is C13H17ClN2O3S. The Bertz CT molecular complexity index is 510. The van der Waals surface area contributed by atoms with Gasteiger partial charge in [0.1, 0.15) is 10.6 Å². The first-order valence-electron chi connectivity index (χ1n) is 6.09. The van der Waals surface area contributed by atoms with Gasteiger partial charge in [-0.15, -0.1) is 0 Å². The van der Waals surface area contributed by atoms with E-state index in [2.05, 4.69) is 0 Å². The number of benzene rings is 1. The highest BCUT2D eigenvalue weighted by molar-refractivity contribution is 7.98. The molecule has 0 spiro atoms. The summed E-state index contributed by atoms with van der Waals surface area (Å²) < 4.78 is 0. The van der Waals surface area contributed by atoms with Gasteiger partial charge in [0, 0.05) is 13.1 Å². The van der Waals surface area contributed by atoms with Crippen LogP contribution in [0.25, 0.3) is 0 Å². The molecule has 0 fully saturated rings. The quantitative estimate of drug-likeness (QED) is 0.595. The minimum atomic E-state index is -0.615. The zero-order chi connectivity index (χ0) is 15.3. The van der Waals surface area contributed by atoms with E-state index in [1.807, 2.05) is 13.2 Å². The van der Waals surface area contributed by atoms with Crippen molar-refractivity contribution in [3.8, 4) is 0 Å². The molecule has 1 atom stereocenters. The number of hydrogen-bond acceptors (Lipinski definition) is 4. The molecule has 1 unspecified atom stereocenters. The lowest BCUT2D eigenvalue weighted by molar-refractivity contribution is -0.385. The Hall–Kier alpha value is -1.27. The number of para-hydroxylation sites is 1. The summed E-state index contributed by atoms with van der Waals surface area (Å²) in [7, 11) is 1.65. The van der Waals surface area contributed by atoms with Gasteiger partial charge in [-0.25, -0.2) is 0 Å². The molecule has 0 heterocycles. The summed E-state index contributed by atoms with van der Waals surface area (Å²) in [5.74, 6) is 0.545. The Morgan fingerprint density at radius 1 is 1.55 bits per heavy atom. The first kappa shape index (κ1) is 16.8. The number of nitro groups is 1. The molecule has 0 N–H and O–H groups in total. The zero-order valence-corrected chi connectivity index (χ0v) is 13.2. The number of hydrogen-bond donors (Lipinski definition) is 0. The summed E-state index contributed by atoms with van der Waals surface area (Å²) in [5, 5.41) is 11.0. The van der Waals surface area contributed by atoms with E-state index >= 15 is 0 Å². The van der Waals surface area contributed by atoms with Crippen molar-refractivity contribution < 1.29 is 9.72 Å². The highest BCUT2D eigenvalue weighted by atomic mass is 35.5. The number of thioether (sulfide) groups is 1. The molecule has 1 aromatic rings. The predicted octanol–water partition coefficient (Wildman–Crippen LogP) is 3.46. The van der Waals surface area contributed by atoms with Crippen molar-refractivity contribution in [3.05, 3.63) is 38.9 Å². The van der Waals surface area contributed by atoms with Gasteiger partial charge >= 0.3 is 5.69 Å². The first-order valence-corrected chi connectivity index (χ1v) is 7.86. The molecule has 0 saturated heterocycles. The molecule has 5 nitrogen and oxygen atoms in total. The number of nitrogens with zero attached hydrogens (tertiary/aromatic N) is 2. The van der Waals surface area contributed by atoms with Gasteiger partial charge in [-0.2, -0.15) is 11.8 Å². The van der Waals surface area contributed by atoms with Gasteiger partial charge < -0.3 is 4.90 Å². The molecule has 0 aliphatic heterocycles. The summed E-state index contributed by atoms with van der Waals surface area (Å²) in [6.07, 6.45) is 2.83. The Labute approximate surface area is 127 Å². The number of carbonyl (C=O) groups is 1. The fourth-order valence-electron chi connectivity index (χ4n) is 1.75. The lowest BCUT2D eigenvalue weighted by atomic mass is 10.1. The second kappa shape index (κ2) is 7.50. The normalized spacial score (nSPS) is 12.0. The SMILES string of the molecule is CSCCC(C)N(C)C(=O)c1cccc(Cl)c1[N+](=O)[O-]. The van der Waals surface area contributed by atoms with E-state index in [9.17, 15) is 14.9 Å². The Balaban J connectivity index is 3.03. The third kappa shape index (κ3) is 3.86. The number of rotatable bonds is 6. The minimum absolute atomic E-state index is 0.00790. The molecule has 20 heavy (non-hydrogen) atoms. The summed E-state index contributed by atoms with van der Waals surface area (Å²) in [6, 6.07) is 4.40. The van der Waals surface area contributed by atoms with Crippen LogP contribution in [0.15, 0.2) is 18.2 Å². The Morgan fingerprint density at radius 3 is 2.75 bits per heavy atom. The summed E-state index contributed by atoms with van der Waals surface area (Å²) in [4.78, 5) is 24.3. The third-order valence-electron chi connectivity index (χ3n) is 3.12. The van der Waals surface area contributed by atoms with E-state index in [4.69, 9.17) is 11.6 Å². The third-order valence-corrected chi connectivity index (χ3v) is 4.07. The maximum atomic E-state index is 12.4. The second-order valence-corrected chi connectivity index (χ2v) is 5.83. The summed E-state index contributed by atoms with van der Waals surface area (Å²) in [6.45, 7) is 1.92. The molecule has 0 saturated carbocycles. The maximum Gasteiger partial charge on any atom is 0.300 e. The smallest absolute Gasteiger partial charge is 0.300 e. The standard InChI is InChI=1S/C13H17ClN2O3S/c1-9(7-8-20-3)15(2)13(17)10-5-4-6-11(14)12(10)16(18)19/h4-6,9H,7-8H2,1-3H3. The van der Waals surface area contributed by atoms with Crippen LogP contribution in [0.1, 0.15) is 23.7 Å². The van der Waals surface area contributed by atoms with Crippen molar-refractivity contribution in [3.63, 3.8) is 0 Å². The van der Waals surface area contributed by atoms with Crippen LogP contribution in [-0.2, 0) is 0 Å². The average Bonchev–Trinajstić information content (AvgIpc) is 2.42.